The highest BCUT2D eigenvalue weighted by Gasteiger charge is 2.16. The molecule has 0 amide bonds. The Labute approximate surface area is 95.8 Å². The van der Waals surface area contributed by atoms with Gasteiger partial charge in [-0.1, -0.05) is 5.10 Å². The van der Waals surface area contributed by atoms with Crippen molar-refractivity contribution in [3.63, 3.8) is 0 Å². The fourth-order valence-electron chi connectivity index (χ4n) is 1.35. The fourth-order valence-corrected chi connectivity index (χ4v) is 1.35. The third kappa shape index (κ3) is 3.46. The molecule has 16 heavy (non-hydrogen) atoms. The summed E-state index contributed by atoms with van der Waals surface area (Å²) in [5, 5.41) is 7.95. The molecule has 0 spiro atoms. The van der Waals surface area contributed by atoms with Crippen LogP contribution in [0.4, 0.5) is 6.01 Å². The third-order valence-corrected chi connectivity index (χ3v) is 2.22. The first-order valence-corrected chi connectivity index (χ1v) is 5.47. The van der Waals surface area contributed by atoms with Gasteiger partial charge in [0.15, 0.2) is 0 Å². The van der Waals surface area contributed by atoms with Gasteiger partial charge < -0.3 is 19.8 Å². The summed E-state index contributed by atoms with van der Waals surface area (Å²) in [6.07, 6.45) is 0.614. The first kappa shape index (κ1) is 12.9. The molecule has 1 heterocycles. The van der Waals surface area contributed by atoms with Gasteiger partial charge in [0, 0.05) is 32.7 Å². The summed E-state index contributed by atoms with van der Waals surface area (Å²) < 4.78 is 10.6. The molecule has 0 aliphatic heterocycles. The zero-order chi connectivity index (χ0) is 12.0. The van der Waals surface area contributed by atoms with Gasteiger partial charge in [-0.3, -0.25) is 0 Å². The predicted octanol–water partition coefficient (Wildman–Crippen LogP) is 0.432. The summed E-state index contributed by atoms with van der Waals surface area (Å²) in [5.74, 6) is 0.584. The van der Waals surface area contributed by atoms with Crippen molar-refractivity contribution in [3.8, 4) is 0 Å². The van der Waals surface area contributed by atoms with E-state index >= 15 is 0 Å². The van der Waals surface area contributed by atoms with Crippen molar-refractivity contribution >= 4 is 6.01 Å². The van der Waals surface area contributed by atoms with Crippen LogP contribution in [0.2, 0.25) is 0 Å². The van der Waals surface area contributed by atoms with Gasteiger partial charge in [0.05, 0.1) is 6.61 Å². The van der Waals surface area contributed by atoms with Crippen molar-refractivity contribution in [1.82, 2.24) is 10.2 Å². The Kier molecular flexibility index (Phi) is 5.21. The third-order valence-electron chi connectivity index (χ3n) is 2.22. The Morgan fingerprint density at radius 2 is 2.19 bits per heavy atom. The Balaban J connectivity index is 2.68. The van der Waals surface area contributed by atoms with Crippen molar-refractivity contribution < 1.29 is 9.15 Å². The maximum absolute atomic E-state index is 5.51. The lowest BCUT2D eigenvalue weighted by Gasteiger charge is -2.23. The number of anilines is 1. The summed E-state index contributed by atoms with van der Waals surface area (Å²) in [6.45, 7) is 6.03. The van der Waals surface area contributed by atoms with E-state index in [-0.39, 0.29) is 0 Å². The first-order valence-electron chi connectivity index (χ1n) is 5.47. The molecule has 0 aromatic carbocycles. The molecule has 6 nitrogen and oxygen atoms in total. The van der Waals surface area contributed by atoms with Gasteiger partial charge >= 0.3 is 6.01 Å². The van der Waals surface area contributed by atoms with Crippen LogP contribution < -0.4 is 10.6 Å². The quantitative estimate of drug-likeness (QED) is 0.729. The summed E-state index contributed by atoms with van der Waals surface area (Å²) in [6, 6.07) is 0.830. The smallest absolute Gasteiger partial charge is 0.318 e. The minimum Gasteiger partial charge on any atom is -0.408 e. The number of hydrogen-bond donors (Lipinski definition) is 1. The molecule has 0 aliphatic rings. The van der Waals surface area contributed by atoms with Gasteiger partial charge in [-0.15, -0.1) is 5.10 Å². The molecule has 0 bridgehead atoms. The van der Waals surface area contributed by atoms with Gasteiger partial charge in [0.25, 0.3) is 0 Å². The van der Waals surface area contributed by atoms with Crippen LogP contribution in [-0.4, -0.2) is 43.0 Å². The molecule has 0 fully saturated rings. The number of hydrogen-bond acceptors (Lipinski definition) is 6. The summed E-state index contributed by atoms with van der Waals surface area (Å²) in [5.41, 5.74) is 5.42. The first-order chi connectivity index (χ1) is 7.69. The van der Waals surface area contributed by atoms with E-state index in [0.717, 1.165) is 6.54 Å². The number of nitrogens with two attached hydrogens (primary N) is 1. The normalized spacial score (nSPS) is 11.1. The Bertz CT molecular complexity index is 301. The number of aromatic nitrogens is 2. The van der Waals surface area contributed by atoms with E-state index in [1.54, 1.807) is 7.11 Å². The van der Waals surface area contributed by atoms with Crippen LogP contribution >= 0.6 is 0 Å². The molecule has 0 unspecified atom stereocenters. The fraction of sp³-hybridized carbons (Fsp3) is 0.800. The Morgan fingerprint density at radius 3 is 2.75 bits per heavy atom. The lowest BCUT2D eigenvalue weighted by molar-refractivity contribution is 0.202. The van der Waals surface area contributed by atoms with Gasteiger partial charge in [-0.2, -0.15) is 0 Å². The number of nitrogens with zero attached hydrogens (tertiary/aromatic N) is 3. The second-order valence-electron chi connectivity index (χ2n) is 3.80. The molecule has 1 aromatic heterocycles. The second-order valence-corrected chi connectivity index (χ2v) is 3.80. The molecule has 0 atom stereocenters. The topological polar surface area (TPSA) is 77.4 Å². The van der Waals surface area contributed by atoms with E-state index in [4.69, 9.17) is 14.9 Å². The van der Waals surface area contributed by atoms with E-state index in [0.29, 0.717) is 37.5 Å². The molecule has 0 radical (unpaired) electrons. The SMILES string of the molecule is COCCN(c1nnc(CCN)o1)C(C)C. The maximum atomic E-state index is 5.51. The molecule has 0 aliphatic carbocycles. The monoisotopic (exact) mass is 228 g/mol. The summed E-state index contributed by atoms with van der Waals surface area (Å²) in [7, 11) is 1.67. The Morgan fingerprint density at radius 1 is 1.44 bits per heavy atom. The maximum Gasteiger partial charge on any atom is 0.318 e. The Hall–Kier alpha value is -1.14. The van der Waals surface area contributed by atoms with Crippen molar-refractivity contribution in [1.29, 1.82) is 0 Å². The van der Waals surface area contributed by atoms with Crippen LogP contribution in [0.5, 0.6) is 0 Å². The lowest BCUT2D eigenvalue weighted by Crippen LogP contribution is -2.34. The van der Waals surface area contributed by atoms with Crippen LogP contribution in [0.15, 0.2) is 4.42 Å². The molecular weight excluding hydrogens is 208 g/mol. The zero-order valence-corrected chi connectivity index (χ0v) is 10.1. The van der Waals surface area contributed by atoms with E-state index in [9.17, 15) is 0 Å². The molecule has 2 N–H and O–H groups in total. The number of ether oxygens (including phenoxy) is 1. The summed E-state index contributed by atoms with van der Waals surface area (Å²) in [4.78, 5) is 2.01. The van der Waals surface area contributed by atoms with Crippen LogP contribution in [0.3, 0.4) is 0 Å². The predicted molar refractivity (Wildman–Crippen MR) is 61.4 cm³/mol. The average Bonchev–Trinajstić information content (AvgIpc) is 2.67. The number of rotatable bonds is 7. The van der Waals surface area contributed by atoms with E-state index in [1.165, 1.54) is 0 Å². The zero-order valence-electron chi connectivity index (χ0n) is 10.1. The average molecular weight is 228 g/mol. The van der Waals surface area contributed by atoms with Crippen molar-refractivity contribution in [2.45, 2.75) is 26.3 Å². The van der Waals surface area contributed by atoms with Gasteiger partial charge in [-0.25, -0.2) is 0 Å². The molecular formula is C10H20N4O2. The molecule has 0 saturated carbocycles. The van der Waals surface area contributed by atoms with Crippen LogP contribution in [0, 0.1) is 0 Å². The van der Waals surface area contributed by atoms with E-state index in [1.807, 2.05) is 4.90 Å². The van der Waals surface area contributed by atoms with Crippen molar-refractivity contribution in [2.24, 2.45) is 5.73 Å². The number of methoxy groups -OCH3 is 1. The van der Waals surface area contributed by atoms with E-state index < -0.39 is 0 Å². The van der Waals surface area contributed by atoms with Crippen molar-refractivity contribution in [2.75, 3.05) is 31.7 Å². The minimum atomic E-state index is 0.293. The largest absolute Gasteiger partial charge is 0.408 e. The lowest BCUT2D eigenvalue weighted by atomic mass is 10.3. The van der Waals surface area contributed by atoms with Gasteiger partial charge in [0.2, 0.25) is 5.89 Å². The molecule has 1 aromatic rings. The standard InChI is InChI=1S/C10H20N4O2/c1-8(2)14(6-7-15-3)10-13-12-9(16-10)4-5-11/h8H,4-7,11H2,1-3H3. The summed E-state index contributed by atoms with van der Waals surface area (Å²) >= 11 is 0. The highest BCUT2D eigenvalue weighted by atomic mass is 16.5. The van der Waals surface area contributed by atoms with Crippen LogP contribution in [0.1, 0.15) is 19.7 Å². The highest BCUT2D eigenvalue weighted by molar-refractivity contribution is 5.25. The van der Waals surface area contributed by atoms with Gasteiger partial charge in [-0.05, 0) is 13.8 Å². The van der Waals surface area contributed by atoms with Gasteiger partial charge in [0.1, 0.15) is 0 Å². The second kappa shape index (κ2) is 6.44. The molecule has 1 rings (SSSR count). The van der Waals surface area contributed by atoms with E-state index in [2.05, 4.69) is 24.0 Å². The minimum absolute atomic E-state index is 0.293. The van der Waals surface area contributed by atoms with Crippen LogP contribution in [-0.2, 0) is 11.2 Å². The highest BCUT2D eigenvalue weighted by Crippen LogP contribution is 2.14. The molecule has 0 saturated heterocycles. The molecule has 92 valence electrons. The van der Waals surface area contributed by atoms with Crippen molar-refractivity contribution in [3.05, 3.63) is 5.89 Å². The molecule has 6 heteroatoms. The van der Waals surface area contributed by atoms with Crippen LogP contribution in [0.25, 0.3) is 0 Å².